The van der Waals surface area contributed by atoms with Gasteiger partial charge in [-0.1, -0.05) is 24.2 Å². The van der Waals surface area contributed by atoms with Gasteiger partial charge in [-0.2, -0.15) is 5.26 Å². The van der Waals surface area contributed by atoms with Crippen molar-refractivity contribution in [1.82, 2.24) is 4.98 Å². The molecule has 1 rings (SSSR count). The fourth-order valence-electron chi connectivity index (χ4n) is 0.782. The number of aromatic nitrogens is 1. The number of nitriles is 1. The summed E-state index contributed by atoms with van der Waals surface area (Å²) in [6, 6.07) is 7.11. The molecule has 0 radical (unpaired) electrons. The molecule has 0 unspecified atom stereocenters. The number of hydrogen-bond acceptors (Lipinski definition) is 3. The molecule has 0 fully saturated rings. The molecule has 1 N–H and O–H groups in total. The number of pyridine rings is 1. The van der Waals surface area contributed by atoms with Crippen LogP contribution in [0.25, 0.3) is 0 Å². The highest BCUT2D eigenvalue weighted by Crippen LogP contribution is 2.05. The van der Waals surface area contributed by atoms with E-state index in [4.69, 9.17) is 16.9 Å². The molecule has 0 aliphatic rings. The Morgan fingerprint density at radius 3 is 3.08 bits per heavy atom. The second-order valence-corrected chi connectivity index (χ2v) is 2.93. The molecule has 0 aromatic carbocycles. The van der Waals surface area contributed by atoms with Gasteiger partial charge < -0.3 is 5.32 Å². The SMILES string of the molecule is C=C(Cl)CNc1cccc(C#N)n1. The molecule has 1 aromatic heterocycles. The number of anilines is 1. The molecule has 0 atom stereocenters. The van der Waals surface area contributed by atoms with Gasteiger partial charge in [-0.05, 0) is 12.1 Å². The minimum atomic E-state index is 0.380. The molecule has 0 aliphatic heterocycles. The van der Waals surface area contributed by atoms with Gasteiger partial charge in [-0.15, -0.1) is 0 Å². The minimum absolute atomic E-state index is 0.380. The standard InChI is InChI=1S/C9H8ClN3/c1-7(10)6-12-9-4-2-3-8(5-11)13-9/h2-4H,1,6H2,(H,12,13). The summed E-state index contributed by atoms with van der Waals surface area (Å²) in [6.07, 6.45) is 0. The highest BCUT2D eigenvalue weighted by molar-refractivity contribution is 6.29. The van der Waals surface area contributed by atoms with Crippen molar-refractivity contribution in [3.05, 3.63) is 35.5 Å². The van der Waals surface area contributed by atoms with E-state index in [1.807, 2.05) is 6.07 Å². The van der Waals surface area contributed by atoms with Gasteiger partial charge in [0.15, 0.2) is 0 Å². The van der Waals surface area contributed by atoms with E-state index in [9.17, 15) is 0 Å². The van der Waals surface area contributed by atoms with Crippen LogP contribution in [0.5, 0.6) is 0 Å². The topological polar surface area (TPSA) is 48.7 Å². The Morgan fingerprint density at radius 2 is 2.46 bits per heavy atom. The summed E-state index contributed by atoms with van der Waals surface area (Å²) in [6.45, 7) is 3.97. The molecule has 1 aromatic rings. The van der Waals surface area contributed by atoms with Crippen LogP contribution in [0.15, 0.2) is 29.8 Å². The normalized spacial score (nSPS) is 8.92. The zero-order valence-corrected chi connectivity index (χ0v) is 7.67. The Morgan fingerprint density at radius 1 is 1.69 bits per heavy atom. The molecule has 66 valence electrons. The van der Waals surface area contributed by atoms with E-state index in [0.29, 0.717) is 23.1 Å². The lowest BCUT2D eigenvalue weighted by molar-refractivity contribution is 1.19. The summed E-state index contributed by atoms with van der Waals surface area (Å²) in [5, 5.41) is 12.0. The average Bonchev–Trinajstić information content (AvgIpc) is 2.15. The molecule has 13 heavy (non-hydrogen) atoms. The Kier molecular flexibility index (Phi) is 3.30. The maximum atomic E-state index is 8.56. The number of hydrogen-bond donors (Lipinski definition) is 1. The molecular weight excluding hydrogens is 186 g/mol. The molecule has 3 nitrogen and oxygen atoms in total. The van der Waals surface area contributed by atoms with Crippen molar-refractivity contribution in [2.45, 2.75) is 0 Å². The minimum Gasteiger partial charge on any atom is -0.365 e. The Labute approximate surface area is 81.7 Å². The summed E-state index contributed by atoms with van der Waals surface area (Å²) in [5.41, 5.74) is 0.380. The molecule has 0 amide bonds. The lowest BCUT2D eigenvalue weighted by atomic mass is 10.3. The van der Waals surface area contributed by atoms with Crippen molar-refractivity contribution in [3.8, 4) is 6.07 Å². The maximum absolute atomic E-state index is 8.56. The highest BCUT2D eigenvalue weighted by Gasteiger charge is 1.95. The van der Waals surface area contributed by atoms with Gasteiger partial charge >= 0.3 is 0 Å². The van der Waals surface area contributed by atoms with Crippen molar-refractivity contribution in [2.75, 3.05) is 11.9 Å². The van der Waals surface area contributed by atoms with Gasteiger partial charge in [0.25, 0.3) is 0 Å². The van der Waals surface area contributed by atoms with E-state index in [1.165, 1.54) is 0 Å². The molecule has 0 spiro atoms. The smallest absolute Gasteiger partial charge is 0.142 e. The van der Waals surface area contributed by atoms with Crippen molar-refractivity contribution >= 4 is 17.4 Å². The summed E-state index contributed by atoms with van der Waals surface area (Å²) in [5.74, 6) is 0.626. The predicted octanol–water partition coefficient (Wildman–Crippen LogP) is 2.12. The van der Waals surface area contributed by atoms with Crippen LogP contribution in [0, 0.1) is 11.3 Å². The number of nitrogens with one attached hydrogen (secondary N) is 1. The summed E-state index contributed by atoms with van der Waals surface area (Å²) in [7, 11) is 0. The predicted molar refractivity (Wildman–Crippen MR) is 52.4 cm³/mol. The van der Waals surface area contributed by atoms with Crippen molar-refractivity contribution in [2.24, 2.45) is 0 Å². The third-order valence-electron chi connectivity index (χ3n) is 1.32. The average molecular weight is 194 g/mol. The Bertz CT molecular complexity index is 354. The molecule has 4 heteroatoms. The summed E-state index contributed by atoms with van der Waals surface area (Å²) in [4.78, 5) is 3.99. The number of halogens is 1. The molecule has 0 saturated heterocycles. The molecule has 1 heterocycles. The van der Waals surface area contributed by atoms with Crippen molar-refractivity contribution < 1.29 is 0 Å². The van der Waals surface area contributed by atoms with E-state index >= 15 is 0 Å². The van der Waals surface area contributed by atoms with Gasteiger partial charge in [0, 0.05) is 5.03 Å². The first kappa shape index (κ1) is 9.56. The molecule has 0 bridgehead atoms. The fourth-order valence-corrected chi connectivity index (χ4v) is 0.849. The number of nitrogens with zero attached hydrogens (tertiary/aromatic N) is 2. The first-order valence-corrected chi connectivity index (χ1v) is 4.04. The molecular formula is C9H8ClN3. The van der Waals surface area contributed by atoms with Gasteiger partial charge in [0.1, 0.15) is 17.6 Å². The van der Waals surface area contributed by atoms with Gasteiger partial charge in [0.05, 0.1) is 6.54 Å². The van der Waals surface area contributed by atoms with Crippen LogP contribution in [-0.2, 0) is 0 Å². The second-order valence-electron chi connectivity index (χ2n) is 2.39. The second kappa shape index (κ2) is 4.48. The van der Waals surface area contributed by atoms with E-state index in [2.05, 4.69) is 16.9 Å². The van der Waals surface area contributed by atoms with Gasteiger partial charge in [-0.25, -0.2) is 4.98 Å². The van der Waals surface area contributed by atoms with E-state index in [1.54, 1.807) is 18.2 Å². The van der Waals surface area contributed by atoms with E-state index in [0.717, 1.165) is 0 Å². The summed E-state index contributed by atoms with van der Waals surface area (Å²) < 4.78 is 0. The quantitative estimate of drug-likeness (QED) is 0.800. The lowest BCUT2D eigenvalue weighted by Crippen LogP contribution is -2.02. The van der Waals surface area contributed by atoms with Crippen molar-refractivity contribution in [3.63, 3.8) is 0 Å². The van der Waals surface area contributed by atoms with Crippen LogP contribution in [0.2, 0.25) is 0 Å². The molecule has 0 aliphatic carbocycles. The zero-order valence-electron chi connectivity index (χ0n) is 6.92. The number of rotatable bonds is 3. The summed E-state index contributed by atoms with van der Waals surface area (Å²) >= 11 is 5.55. The first-order valence-electron chi connectivity index (χ1n) is 3.66. The van der Waals surface area contributed by atoms with Crippen LogP contribution < -0.4 is 5.32 Å². The monoisotopic (exact) mass is 193 g/mol. The van der Waals surface area contributed by atoms with Crippen LogP contribution >= 0.6 is 11.6 Å². The van der Waals surface area contributed by atoms with Crippen LogP contribution in [0.3, 0.4) is 0 Å². The zero-order chi connectivity index (χ0) is 9.68. The van der Waals surface area contributed by atoms with Crippen LogP contribution in [0.1, 0.15) is 5.69 Å². The highest BCUT2D eigenvalue weighted by atomic mass is 35.5. The lowest BCUT2D eigenvalue weighted by Gasteiger charge is -2.02. The first-order chi connectivity index (χ1) is 6.22. The van der Waals surface area contributed by atoms with Crippen LogP contribution in [-0.4, -0.2) is 11.5 Å². The third kappa shape index (κ3) is 3.14. The van der Waals surface area contributed by atoms with Crippen molar-refractivity contribution in [1.29, 1.82) is 5.26 Å². The van der Waals surface area contributed by atoms with Gasteiger partial charge in [0.2, 0.25) is 0 Å². The van der Waals surface area contributed by atoms with Crippen LogP contribution in [0.4, 0.5) is 5.82 Å². The Hall–Kier alpha value is -1.53. The van der Waals surface area contributed by atoms with Gasteiger partial charge in [-0.3, -0.25) is 0 Å². The fraction of sp³-hybridized carbons (Fsp3) is 0.111. The molecule has 0 saturated carbocycles. The van der Waals surface area contributed by atoms with E-state index < -0.39 is 0 Å². The third-order valence-corrected chi connectivity index (χ3v) is 1.46. The van der Waals surface area contributed by atoms with E-state index in [-0.39, 0.29) is 0 Å². The maximum Gasteiger partial charge on any atom is 0.142 e. The Balaban J connectivity index is 2.68. The largest absolute Gasteiger partial charge is 0.365 e.